The van der Waals surface area contributed by atoms with Crippen LogP contribution in [-0.2, 0) is 14.8 Å². The van der Waals surface area contributed by atoms with Gasteiger partial charge in [0.25, 0.3) is 15.9 Å². The Morgan fingerprint density at radius 1 is 1.02 bits per heavy atom. The van der Waals surface area contributed by atoms with Crippen LogP contribution < -0.4 is 9.46 Å². The molecule has 0 aromatic heterocycles. The van der Waals surface area contributed by atoms with Crippen molar-refractivity contribution in [2.24, 2.45) is 11.8 Å². The molecule has 2 aromatic carbocycles. The molecule has 0 spiro atoms. The Labute approximate surface area is 274 Å². The van der Waals surface area contributed by atoms with E-state index in [4.69, 9.17) is 9.47 Å². The van der Waals surface area contributed by atoms with Crippen molar-refractivity contribution in [2.45, 2.75) is 95.3 Å². The maximum Gasteiger partial charge on any atom is 0.261 e. The minimum absolute atomic E-state index is 0.0434. The third kappa shape index (κ3) is 10.1. The molecular formula is C35H52FN3O6S. The number of nitrogens with zero attached hydrogens (tertiary/aromatic N) is 2. The van der Waals surface area contributed by atoms with E-state index in [9.17, 15) is 22.7 Å². The minimum Gasteiger partial charge on any atom is -0.490 e. The van der Waals surface area contributed by atoms with E-state index >= 15 is 0 Å². The number of sulfonamides is 1. The van der Waals surface area contributed by atoms with Gasteiger partial charge >= 0.3 is 0 Å². The molecule has 4 rings (SSSR count). The van der Waals surface area contributed by atoms with E-state index in [1.54, 1.807) is 24.0 Å². The van der Waals surface area contributed by atoms with Gasteiger partial charge in [-0.1, -0.05) is 26.2 Å². The molecule has 1 amide bonds. The number of carbonyl (C=O) groups excluding carboxylic acids is 1. The minimum atomic E-state index is -4.05. The summed E-state index contributed by atoms with van der Waals surface area (Å²) in [6.07, 6.45) is 8.68. The largest absolute Gasteiger partial charge is 0.490 e. The summed E-state index contributed by atoms with van der Waals surface area (Å²) < 4.78 is 54.9. The maximum absolute atomic E-state index is 14.3. The van der Waals surface area contributed by atoms with Crippen molar-refractivity contribution in [3.63, 3.8) is 0 Å². The van der Waals surface area contributed by atoms with Gasteiger partial charge < -0.3 is 24.4 Å². The molecule has 9 nitrogen and oxygen atoms in total. The Morgan fingerprint density at radius 2 is 1.72 bits per heavy atom. The molecule has 0 bridgehead atoms. The molecule has 0 saturated heterocycles. The molecule has 2 aromatic rings. The molecule has 256 valence electrons. The number of anilines is 1. The van der Waals surface area contributed by atoms with Crippen LogP contribution in [0.1, 0.15) is 82.5 Å². The zero-order valence-electron chi connectivity index (χ0n) is 27.8. The first-order chi connectivity index (χ1) is 22.0. The normalized spacial score (nSPS) is 23.3. The van der Waals surface area contributed by atoms with Gasteiger partial charge in [0.1, 0.15) is 11.6 Å². The summed E-state index contributed by atoms with van der Waals surface area (Å²) in [6.45, 7) is 8.32. The first-order valence-corrected chi connectivity index (χ1v) is 18.3. The number of rotatable bonds is 9. The van der Waals surface area contributed by atoms with Crippen molar-refractivity contribution in [1.29, 1.82) is 0 Å². The fraction of sp³-hybridized carbons (Fsp3) is 0.629. The molecule has 2 N–H and O–H groups in total. The number of carbonyl (C=O) groups is 1. The Hall–Kier alpha value is -2.73. The molecule has 4 atom stereocenters. The molecule has 46 heavy (non-hydrogen) atoms. The topological polar surface area (TPSA) is 108 Å². The number of aliphatic hydroxyl groups excluding tert-OH is 1. The highest BCUT2D eigenvalue weighted by atomic mass is 32.2. The maximum atomic E-state index is 14.3. The average Bonchev–Trinajstić information content (AvgIpc) is 3.03. The molecule has 1 aliphatic heterocycles. The van der Waals surface area contributed by atoms with Gasteiger partial charge in [0.15, 0.2) is 0 Å². The van der Waals surface area contributed by atoms with Crippen LogP contribution in [0.15, 0.2) is 47.4 Å². The van der Waals surface area contributed by atoms with Crippen molar-refractivity contribution < 1.29 is 32.2 Å². The van der Waals surface area contributed by atoms with Gasteiger partial charge in [0.2, 0.25) is 0 Å². The Balaban J connectivity index is 1.62. The summed E-state index contributed by atoms with van der Waals surface area (Å²) in [5, 5.41) is 10.2. The number of aliphatic hydroxyl groups is 1. The molecule has 11 heteroatoms. The predicted molar refractivity (Wildman–Crippen MR) is 178 cm³/mol. The van der Waals surface area contributed by atoms with E-state index < -0.39 is 21.9 Å². The second-order valence-electron chi connectivity index (χ2n) is 13.3. The van der Waals surface area contributed by atoms with Gasteiger partial charge in [-0.2, -0.15) is 0 Å². The van der Waals surface area contributed by atoms with Crippen LogP contribution in [0.4, 0.5) is 10.1 Å². The Morgan fingerprint density at radius 3 is 2.41 bits per heavy atom. The second-order valence-corrected chi connectivity index (χ2v) is 15.0. The monoisotopic (exact) mass is 661 g/mol. The van der Waals surface area contributed by atoms with Crippen LogP contribution in [0, 0.1) is 17.7 Å². The summed E-state index contributed by atoms with van der Waals surface area (Å²) in [5.41, 5.74) is 0.367. The lowest BCUT2D eigenvalue weighted by Gasteiger charge is -2.36. The first-order valence-electron chi connectivity index (χ1n) is 16.8. The average molecular weight is 662 g/mol. The SMILES string of the molecule is C[C@@H]1CCCCO[C@H](CN(C)CC2CCCCC2)[C@@H](C)CN([C@H](C)CO)C(=O)c2cc(NS(=O)(=O)c3ccc(F)cc3)ccc2O1. The lowest BCUT2D eigenvalue weighted by molar-refractivity contribution is -0.0190. The van der Waals surface area contributed by atoms with Gasteiger partial charge in [-0.15, -0.1) is 0 Å². The van der Waals surface area contributed by atoms with E-state index in [0.717, 1.165) is 44.5 Å². The highest BCUT2D eigenvalue weighted by Crippen LogP contribution is 2.30. The number of hydrogen-bond donors (Lipinski definition) is 2. The fourth-order valence-electron chi connectivity index (χ4n) is 6.47. The summed E-state index contributed by atoms with van der Waals surface area (Å²) >= 11 is 0. The number of hydrogen-bond acceptors (Lipinski definition) is 7. The van der Waals surface area contributed by atoms with Crippen LogP contribution in [-0.4, -0.2) is 87.4 Å². The van der Waals surface area contributed by atoms with Crippen LogP contribution >= 0.6 is 0 Å². The molecule has 1 saturated carbocycles. The third-order valence-electron chi connectivity index (χ3n) is 9.21. The number of fused-ring (bicyclic) bond motifs is 1. The lowest BCUT2D eigenvalue weighted by Crippen LogP contribution is -2.47. The zero-order valence-corrected chi connectivity index (χ0v) is 28.6. The summed E-state index contributed by atoms with van der Waals surface area (Å²) in [6, 6.07) is 8.66. The Kier molecular flexibility index (Phi) is 13.3. The standard InChI is InChI=1S/C35H52FN3O6S/c1-25-21-39(26(2)24-40)35(41)32-20-30(37-46(42,43)31-16-13-29(36)14-17-31)15-18-33(32)45-27(3)10-8-9-19-44-34(25)23-38(4)22-28-11-6-5-7-12-28/h13-18,20,25-28,34,37,40H,5-12,19,21-24H2,1-4H3/t25-,26+,27+,34+/m0/s1. The molecule has 1 aliphatic carbocycles. The van der Waals surface area contributed by atoms with E-state index in [-0.39, 0.29) is 46.8 Å². The van der Waals surface area contributed by atoms with Crippen molar-refractivity contribution in [3.05, 3.63) is 53.8 Å². The number of ether oxygens (including phenoxy) is 2. The number of halogens is 1. The quantitative estimate of drug-likeness (QED) is 0.343. The van der Waals surface area contributed by atoms with E-state index in [1.165, 1.54) is 50.3 Å². The van der Waals surface area contributed by atoms with Gasteiger partial charge in [-0.25, -0.2) is 12.8 Å². The van der Waals surface area contributed by atoms with Crippen LogP contribution in [0.2, 0.25) is 0 Å². The van der Waals surface area contributed by atoms with Crippen LogP contribution in [0.3, 0.4) is 0 Å². The number of benzene rings is 2. The molecule has 0 radical (unpaired) electrons. The van der Waals surface area contributed by atoms with E-state index in [1.807, 2.05) is 6.92 Å². The molecule has 2 aliphatic rings. The van der Waals surface area contributed by atoms with Gasteiger partial charge in [-0.3, -0.25) is 9.52 Å². The van der Waals surface area contributed by atoms with Crippen molar-refractivity contribution in [2.75, 3.05) is 44.6 Å². The highest BCUT2D eigenvalue weighted by Gasteiger charge is 2.31. The Bertz CT molecular complexity index is 1370. The lowest BCUT2D eigenvalue weighted by atomic mass is 9.89. The predicted octanol–water partition coefficient (Wildman–Crippen LogP) is 5.93. The molecular weight excluding hydrogens is 609 g/mol. The fourth-order valence-corrected chi connectivity index (χ4v) is 7.52. The van der Waals surface area contributed by atoms with Crippen molar-refractivity contribution >= 4 is 21.6 Å². The van der Waals surface area contributed by atoms with Gasteiger partial charge in [0.05, 0.1) is 35.3 Å². The van der Waals surface area contributed by atoms with E-state index in [0.29, 0.717) is 24.8 Å². The first kappa shape index (κ1) is 36.1. The summed E-state index contributed by atoms with van der Waals surface area (Å²) in [7, 11) is -1.90. The number of amides is 1. The summed E-state index contributed by atoms with van der Waals surface area (Å²) in [4.78, 5) is 18.2. The third-order valence-corrected chi connectivity index (χ3v) is 10.6. The van der Waals surface area contributed by atoms with Crippen molar-refractivity contribution in [3.8, 4) is 5.75 Å². The number of likely N-dealkylation sites (N-methyl/N-ethyl adjacent to an activating group) is 1. The number of nitrogens with one attached hydrogen (secondary N) is 1. The van der Waals surface area contributed by atoms with E-state index in [2.05, 4.69) is 23.6 Å². The smallest absolute Gasteiger partial charge is 0.261 e. The van der Waals surface area contributed by atoms with Gasteiger partial charge in [-0.05, 0) is 101 Å². The second kappa shape index (κ2) is 16.9. The molecule has 1 heterocycles. The van der Waals surface area contributed by atoms with Crippen molar-refractivity contribution in [1.82, 2.24) is 9.80 Å². The summed E-state index contributed by atoms with van der Waals surface area (Å²) in [5.74, 6) is 0.0933. The van der Waals surface area contributed by atoms with Gasteiger partial charge in [0, 0.05) is 37.8 Å². The molecule has 0 unspecified atom stereocenters. The highest BCUT2D eigenvalue weighted by molar-refractivity contribution is 7.92. The van der Waals surface area contributed by atoms with Crippen LogP contribution in [0.25, 0.3) is 0 Å². The molecule has 1 fully saturated rings. The zero-order chi connectivity index (χ0) is 33.3. The van der Waals surface area contributed by atoms with Crippen LogP contribution in [0.5, 0.6) is 5.75 Å².